The van der Waals surface area contributed by atoms with Crippen molar-refractivity contribution < 1.29 is 32.4 Å². The molecule has 0 aliphatic carbocycles. The van der Waals surface area contributed by atoms with E-state index in [1.54, 1.807) is 0 Å². The Bertz CT molecular complexity index is 707. The molecule has 0 bridgehead atoms. The Morgan fingerprint density at radius 1 is 1.40 bits per heavy atom. The second kappa shape index (κ2) is 6.95. The number of amides is 2. The maximum absolute atomic E-state index is 12.6. The van der Waals surface area contributed by atoms with Crippen molar-refractivity contribution in [1.82, 2.24) is 4.90 Å². The van der Waals surface area contributed by atoms with Gasteiger partial charge in [0.05, 0.1) is 17.7 Å². The molecule has 1 aliphatic heterocycles. The van der Waals surface area contributed by atoms with E-state index >= 15 is 0 Å². The molecule has 1 fully saturated rings. The van der Waals surface area contributed by atoms with Crippen LogP contribution in [0.4, 0.5) is 24.5 Å². The molecular weight excluding hydrogens is 347 g/mol. The van der Waals surface area contributed by atoms with Crippen molar-refractivity contribution >= 4 is 23.2 Å². The second-order valence-corrected chi connectivity index (χ2v) is 5.29. The number of rotatable bonds is 4. The molecule has 1 aliphatic rings. The van der Waals surface area contributed by atoms with Crippen molar-refractivity contribution in [2.24, 2.45) is 0 Å². The van der Waals surface area contributed by atoms with Crippen LogP contribution in [0.3, 0.4) is 0 Å². The van der Waals surface area contributed by atoms with Gasteiger partial charge in [0, 0.05) is 18.7 Å². The number of hydrogen-bond acceptors (Lipinski definition) is 5. The van der Waals surface area contributed by atoms with E-state index in [4.69, 9.17) is 4.74 Å². The summed E-state index contributed by atoms with van der Waals surface area (Å²) < 4.78 is 42.8. The number of nitro benzene ring substituents is 1. The first-order chi connectivity index (χ1) is 11.6. The predicted octanol–water partition coefficient (Wildman–Crippen LogP) is 2.10. The fraction of sp³-hybridized carbons (Fsp3) is 0.429. The molecule has 2 amide bonds. The third-order valence-corrected chi connectivity index (χ3v) is 3.71. The second-order valence-electron chi connectivity index (χ2n) is 5.29. The highest BCUT2D eigenvalue weighted by Gasteiger charge is 2.47. The van der Waals surface area contributed by atoms with E-state index in [1.807, 2.05) is 0 Å². The van der Waals surface area contributed by atoms with Gasteiger partial charge in [-0.15, -0.1) is 0 Å². The summed E-state index contributed by atoms with van der Waals surface area (Å²) in [4.78, 5) is 34.3. The van der Waals surface area contributed by atoms with Gasteiger partial charge >= 0.3 is 12.1 Å². The average molecular weight is 361 g/mol. The SMILES string of the molecule is COc1ccc([N+](=O)[O-])cc1NC(=O)C1CCCN1C(=O)C(F)(F)F. The van der Waals surface area contributed by atoms with Crippen molar-refractivity contribution in [2.45, 2.75) is 25.1 Å². The summed E-state index contributed by atoms with van der Waals surface area (Å²) >= 11 is 0. The van der Waals surface area contributed by atoms with Gasteiger partial charge in [-0.1, -0.05) is 0 Å². The molecule has 1 aromatic carbocycles. The van der Waals surface area contributed by atoms with Gasteiger partial charge < -0.3 is 15.0 Å². The Morgan fingerprint density at radius 2 is 2.08 bits per heavy atom. The van der Waals surface area contributed by atoms with Crippen molar-refractivity contribution in [3.63, 3.8) is 0 Å². The van der Waals surface area contributed by atoms with Gasteiger partial charge in [-0.2, -0.15) is 13.2 Å². The predicted molar refractivity (Wildman–Crippen MR) is 79.1 cm³/mol. The molecule has 0 saturated carbocycles. The van der Waals surface area contributed by atoms with Crippen molar-refractivity contribution in [2.75, 3.05) is 19.0 Å². The van der Waals surface area contributed by atoms with Gasteiger partial charge in [-0.05, 0) is 18.9 Å². The number of anilines is 1. The van der Waals surface area contributed by atoms with Crippen LogP contribution in [-0.2, 0) is 9.59 Å². The summed E-state index contributed by atoms with van der Waals surface area (Å²) in [5, 5.41) is 13.1. The van der Waals surface area contributed by atoms with Crippen molar-refractivity contribution in [3.8, 4) is 5.75 Å². The largest absolute Gasteiger partial charge is 0.495 e. The van der Waals surface area contributed by atoms with Crippen LogP contribution in [0.15, 0.2) is 18.2 Å². The number of benzene rings is 1. The van der Waals surface area contributed by atoms with E-state index in [9.17, 15) is 32.9 Å². The molecule has 1 heterocycles. The number of nitrogens with zero attached hydrogens (tertiary/aromatic N) is 2. The molecule has 2 rings (SSSR count). The topological polar surface area (TPSA) is 102 Å². The van der Waals surface area contributed by atoms with Crippen LogP contribution < -0.4 is 10.1 Å². The minimum absolute atomic E-state index is 0.0604. The minimum atomic E-state index is -5.08. The zero-order valence-corrected chi connectivity index (χ0v) is 13.0. The van der Waals surface area contributed by atoms with Gasteiger partial charge in [-0.3, -0.25) is 19.7 Å². The zero-order chi connectivity index (χ0) is 18.8. The molecule has 0 spiro atoms. The highest BCUT2D eigenvalue weighted by Crippen LogP contribution is 2.31. The number of carbonyl (C=O) groups excluding carboxylic acids is 2. The maximum Gasteiger partial charge on any atom is 0.471 e. The number of likely N-dealkylation sites (tertiary alicyclic amines) is 1. The molecule has 8 nitrogen and oxygen atoms in total. The van der Waals surface area contributed by atoms with Crippen LogP contribution >= 0.6 is 0 Å². The average Bonchev–Trinajstić information content (AvgIpc) is 3.02. The van der Waals surface area contributed by atoms with Gasteiger partial charge in [0.1, 0.15) is 11.8 Å². The first kappa shape index (κ1) is 18.5. The lowest BCUT2D eigenvalue weighted by Gasteiger charge is -2.25. The number of nitro groups is 1. The Balaban J connectivity index is 2.22. The van der Waals surface area contributed by atoms with E-state index < -0.39 is 29.0 Å². The maximum atomic E-state index is 12.6. The highest BCUT2D eigenvalue weighted by atomic mass is 19.4. The molecule has 1 saturated heterocycles. The van der Waals surface area contributed by atoms with Gasteiger partial charge in [0.15, 0.2) is 0 Å². The Hall–Kier alpha value is -2.85. The fourth-order valence-corrected chi connectivity index (χ4v) is 2.57. The van der Waals surface area contributed by atoms with Crippen LogP contribution in [0.5, 0.6) is 5.75 Å². The zero-order valence-electron chi connectivity index (χ0n) is 13.0. The lowest BCUT2D eigenvalue weighted by Crippen LogP contribution is -2.48. The Labute approximate surface area is 139 Å². The molecule has 0 aromatic heterocycles. The van der Waals surface area contributed by atoms with Crippen LogP contribution in [0.1, 0.15) is 12.8 Å². The van der Waals surface area contributed by atoms with E-state index in [0.717, 1.165) is 12.1 Å². The lowest BCUT2D eigenvalue weighted by molar-refractivity contribution is -0.384. The molecular formula is C14H14F3N3O5. The summed E-state index contributed by atoms with van der Waals surface area (Å²) in [7, 11) is 1.27. The number of non-ortho nitro benzene ring substituents is 1. The first-order valence-electron chi connectivity index (χ1n) is 7.16. The van der Waals surface area contributed by atoms with Gasteiger partial charge in [0.2, 0.25) is 5.91 Å². The molecule has 1 unspecified atom stereocenters. The lowest BCUT2D eigenvalue weighted by atomic mass is 10.2. The monoisotopic (exact) mass is 361 g/mol. The van der Waals surface area contributed by atoms with E-state index in [2.05, 4.69) is 5.32 Å². The van der Waals surface area contributed by atoms with Crippen LogP contribution in [0, 0.1) is 10.1 Å². The number of methoxy groups -OCH3 is 1. The number of carbonyl (C=O) groups is 2. The summed E-state index contributed by atoms with van der Waals surface area (Å²) in [5.74, 6) is -2.85. The van der Waals surface area contributed by atoms with Crippen LogP contribution in [0.2, 0.25) is 0 Å². The number of alkyl halides is 3. The number of halogens is 3. The minimum Gasteiger partial charge on any atom is -0.495 e. The van der Waals surface area contributed by atoms with E-state index in [-0.39, 0.29) is 36.5 Å². The Kier molecular flexibility index (Phi) is 5.14. The number of nitrogens with one attached hydrogen (secondary N) is 1. The van der Waals surface area contributed by atoms with E-state index in [0.29, 0.717) is 4.90 Å². The molecule has 0 radical (unpaired) electrons. The standard InChI is InChI=1S/C14H14F3N3O5/c1-25-11-5-4-8(20(23)24)7-9(11)18-12(21)10-3-2-6-19(10)13(22)14(15,16)17/h4-5,7,10H,2-3,6H2,1H3,(H,18,21). The summed E-state index contributed by atoms with van der Waals surface area (Å²) in [5.41, 5.74) is -0.390. The summed E-state index contributed by atoms with van der Waals surface area (Å²) in [6.45, 7) is -0.192. The normalized spacial score (nSPS) is 17.3. The summed E-state index contributed by atoms with van der Waals surface area (Å²) in [6.07, 6.45) is -4.77. The first-order valence-corrected chi connectivity index (χ1v) is 7.16. The van der Waals surface area contributed by atoms with Crippen LogP contribution in [0.25, 0.3) is 0 Å². The Morgan fingerprint density at radius 3 is 2.64 bits per heavy atom. The molecule has 25 heavy (non-hydrogen) atoms. The summed E-state index contributed by atoms with van der Waals surface area (Å²) in [6, 6.07) is 2.13. The molecule has 1 atom stereocenters. The van der Waals surface area contributed by atoms with Crippen molar-refractivity contribution in [3.05, 3.63) is 28.3 Å². The van der Waals surface area contributed by atoms with Crippen molar-refractivity contribution in [1.29, 1.82) is 0 Å². The molecule has 11 heteroatoms. The fourth-order valence-electron chi connectivity index (χ4n) is 2.57. The molecule has 1 aromatic rings. The molecule has 136 valence electrons. The van der Waals surface area contributed by atoms with E-state index in [1.165, 1.54) is 13.2 Å². The third kappa shape index (κ3) is 3.98. The number of ether oxygens (including phenoxy) is 1. The number of hydrogen-bond donors (Lipinski definition) is 1. The highest BCUT2D eigenvalue weighted by molar-refractivity contribution is 5.99. The molecule has 1 N–H and O–H groups in total. The van der Waals surface area contributed by atoms with Gasteiger partial charge in [-0.25, -0.2) is 0 Å². The van der Waals surface area contributed by atoms with Gasteiger partial charge in [0.25, 0.3) is 5.69 Å². The quantitative estimate of drug-likeness (QED) is 0.654. The third-order valence-electron chi connectivity index (χ3n) is 3.71. The smallest absolute Gasteiger partial charge is 0.471 e. The van der Waals surface area contributed by atoms with Crippen LogP contribution in [-0.4, -0.2) is 47.5 Å².